The first kappa shape index (κ1) is 26.1. The standard InChI is InChI=1S/C21H21P.3C2H6/c1-16-2-4-17(5-3-16)14-18-6-8-19(9-7-18)15-20-10-12-21(22)13-11-20;3*1-2/h2-13H,14-15,22H2,1H3;3*1-2H3. The Morgan fingerprint density at radius 1 is 0.464 bits per heavy atom. The summed E-state index contributed by atoms with van der Waals surface area (Å²) in [4.78, 5) is 0. The molecule has 3 rings (SSSR count). The molecule has 0 bridgehead atoms. The highest BCUT2D eigenvalue weighted by Crippen LogP contribution is 2.14. The predicted octanol–water partition coefficient (Wildman–Crippen LogP) is 7.76. The van der Waals surface area contributed by atoms with E-state index < -0.39 is 0 Å². The topological polar surface area (TPSA) is 0 Å². The summed E-state index contributed by atoms with van der Waals surface area (Å²) in [6.07, 6.45) is 2.00. The van der Waals surface area contributed by atoms with Crippen molar-refractivity contribution in [1.29, 1.82) is 0 Å². The molecule has 3 aromatic carbocycles. The van der Waals surface area contributed by atoms with Crippen LogP contribution >= 0.6 is 9.24 Å². The van der Waals surface area contributed by atoms with Crippen LogP contribution in [0.2, 0.25) is 0 Å². The van der Waals surface area contributed by atoms with Crippen molar-refractivity contribution in [3.05, 3.63) is 101 Å². The van der Waals surface area contributed by atoms with Gasteiger partial charge in [0, 0.05) is 0 Å². The SMILES string of the molecule is CC.CC.CC.Cc1ccc(Cc2ccc(Cc3ccc(P)cc3)cc2)cc1. The van der Waals surface area contributed by atoms with Crippen molar-refractivity contribution < 1.29 is 0 Å². The van der Waals surface area contributed by atoms with Crippen molar-refractivity contribution >= 4 is 14.5 Å². The summed E-state index contributed by atoms with van der Waals surface area (Å²) in [6.45, 7) is 14.1. The summed E-state index contributed by atoms with van der Waals surface area (Å²) in [5.74, 6) is 0. The van der Waals surface area contributed by atoms with Crippen LogP contribution in [-0.2, 0) is 12.8 Å². The highest BCUT2D eigenvalue weighted by molar-refractivity contribution is 7.27. The van der Waals surface area contributed by atoms with Gasteiger partial charge in [-0.2, -0.15) is 0 Å². The van der Waals surface area contributed by atoms with Gasteiger partial charge < -0.3 is 0 Å². The van der Waals surface area contributed by atoms with Crippen LogP contribution in [0.1, 0.15) is 69.4 Å². The van der Waals surface area contributed by atoms with Crippen molar-refractivity contribution in [3.8, 4) is 0 Å². The fourth-order valence-corrected chi connectivity index (χ4v) is 2.78. The van der Waals surface area contributed by atoms with Gasteiger partial charge in [0.25, 0.3) is 0 Å². The molecule has 0 aliphatic rings. The maximum Gasteiger partial charge on any atom is -0.00258 e. The van der Waals surface area contributed by atoms with E-state index in [0.29, 0.717) is 0 Å². The second-order valence-corrected chi connectivity index (χ2v) is 6.56. The molecule has 152 valence electrons. The van der Waals surface area contributed by atoms with Gasteiger partial charge in [-0.1, -0.05) is 120 Å². The van der Waals surface area contributed by atoms with Gasteiger partial charge in [0.1, 0.15) is 0 Å². The fraction of sp³-hybridized carbons (Fsp3) is 0.333. The molecule has 0 saturated heterocycles. The predicted molar refractivity (Wildman–Crippen MR) is 133 cm³/mol. The Morgan fingerprint density at radius 2 is 0.714 bits per heavy atom. The summed E-state index contributed by atoms with van der Waals surface area (Å²) in [5.41, 5.74) is 6.78. The summed E-state index contributed by atoms with van der Waals surface area (Å²) >= 11 is 0. The molecule has 0 nitrogen and oxygen atoms in total. The van der Waals surface area contributed by atoms with Crippen LogP contribution in [0.15, 0.2) is 72.8 Å². The molecule has 0 aromatic heterocycles. The van der Waals surface area contributed by atoms with Crippen LogP contribution < -0.4 is 5.30 Å². The molecular formula is C27H39P. The Balaban J connectivity index is 0.00000111. The first-order valence-electron chi connectivity index (χ1n) is 10.7. The van der Waals surface area contributed by atoms with E-state index in [-0.39, 0.29) is 0 Å². The Kier molecular flexibility index (Phi) is 15.0. The number of hydrogen-bond donors (Lipinski definition) is 0. The van der Waals surface area contributed by atoms with Gasteiger partial charge in [0.2, 0.25) is 0 Å². The van der Waals surface area contributed by atoms with E-state index in [4.69, 9.17) is 0 Å². The summed E-state index contributed by atoms with van der Waals surface area (Å²) < 4.78 is 0. The van der Waals surface area contributed by atoms with Gasteiger partial charge in [-0.05, 0) is 47.3 Å². The third kappa shape index (κ3) is 9.86. The van der Waals surface area contributed by atoms with Gasteiger partial charge in [0.05, 0.1) is 0 Å². The first-order chi connectivity index (χ1) is 13.7. The lowest BCUT2D eigenvalue weighted by Gasteiger charge is -2.06. The van der Waals surface area contributed by atoms with E-state index in [1.165, 1.54) is 33.1 Å². The number of aryl methyl sites for hydroxylation is 1. The minimum Gasteiger partial charge on any atom is -0.106 e. The summed E-state index contributed by atoms with van der Waals surface area (Å²) in [7, 11) is 2.73. The molecular weight excluding hydrogens is 355 g/mol. The maximum absolute atomic E-state index is 2.73. The lowest BCUT2D eigenvalue weighted by atomic mass is 10.00. The van der Waals surface area contributed by atoms with Crippen molar-refractivity contribution in [2.75, 3.05) is 0 Å². The molecule has 28 heavy (non-hydrogen) atoms. The molecule has 0 heterocycles. The fourth-order valence-electron chi connectivity index (χ4n) is 2.59. The van der Waals surface area contributed by atoms with Crippen molar-refractivity contribution in [2.24, 2.45) is 0 Å². The molecule has 0 fully saturated rings. The summed E-state index contributed by atoms with van der Waals surface area (Å²) in [6, 6.07) is 26.5. The Bertz CT molecular complexity index is 656. The van der Waals surface area contributed by atoms with Crippen LogP contribution in [0.3, 0.4) is 0 Å². The molecule has 0 N–H and O–H groups in total. The van der Waals surface area contributed by atoms with Crippen molar-refractivity contribution in [2.45, 2.75) is 61.3 Å². The molecule has 0 aliphatic carbocycles. The molecule has 0 amide bonds. The van der Waals surface area contributed by atoms with Crippen LogP contribution in [0.5, 0.6) is 0 Å². The number of rotatable bonds is 4. The normalized spacial score (nSPS) is 9.00. The average molecular weight is 395 g/mol. The quantitative estimate of drug-likeness (QED) is 0.397. The van der Waals surface area contributed by atoms with E-state index in [9.17, 15) is 0 Å². The van der Waals surface area contributed by atoms with Crippen LogP contribution in [0.25, 0.3) is 0 Å². The summed E-state index contributed by atoms with van der Waals surface area (Å²) in [5, 5.41) is 1.23. The maximum atomic E-state index is 2.73. The van der Waals surface area contributed by atoms with Crippen LogP contribution in [-0.4, -0.2) is 0 Å². The van der Waals surface area contributed by atoms with Gasteiger partial charge >= 0.3 is 0 Å². The second kappa shape index (κ2) is 16.1. The largest absolute Gasteiger partial charge is 0.106 e. The zero-order chi connectivity index (χ0) is 21.4. The lowest BCUT2D eigenvalue weighted by Crippen LogP contribution is -1.94. The number of hydrogen-bond acceptors (Lipinski definition) is 0. The van der Waals surface area contributed by atoms with Gasteiger partial charge in [-0.25, -0.2) is 0 Å². The van der Waals surface area contributed by atoms with Crippen LogP contribution in [0.4, 0.5) is 0 Å². The molecule has 0 radical (unpaired) electrons. The second-order valence-electron chi connectivity index (χ2n) is 5.90. The van der Waals surface area contributed by atoms with E-state index in [1.807, 2.05) is 41.5 Å². The van der Waals surface area contributed by atoms with Gasteiger partial charge in [0.15, 0.2) is 0 Å². The first-order valence-corrected chi connectivity index (χ1v) is 11.2. The van der Waals surface area contributed by atoms with E-state index in [0.717, 1.165) is 12.8 Å². The zero-order valence-corrected chi connectivity index (χ0v) is 20.1. The Labute approximate surface area is 176 Å². The van der Waals surface area contributed by atoms with E-state index >= 15 is 0 Å². The average Bonchev–Trinajstić information content (AvgIpc) is 2.77. The van der Waals surface area contributed by atoms with Gasteiger partial charge in [-0.3, -0.25) is 0 Å². The highest BCUT2D eigenvalue weighted by Gasteiger charge is 1.99. The smallest absolute Gasteiger partial charge is 0.00258 e. The lowest BCUT2D eigenvalue weighted by molar-refractivity contribution is 1.15. The number of benzene rings is 3. The third-order valence-electron chi connectivity index (χ3n) is 3.94. The van der Waals surface area contributed by atoms with Crippen molar-refractivity contribution in [1.82, 2.24) is 0 Å². The Hall–Kier alpha value is -1.91. The third-order valence-corrected chi connectivity index (χ3v) is 4.32. The molecule has 1 atom stereocenters. The highest BCUT2D eigenvalue weighted by atomic mass is 31.0. The van der Waals surface area contributed by atoms with Crippen molar-refractivity contribution in [3.63, 3.8) is 0 Å². The van der Waals surface area contributed by atoms with E-state index in [2.05, 4.69) is 89.0 Å². The van der Waals surface area contributed by atoms with Gasteiger partial charge in [-0.15, -0.1) is 9.24 Å². The van der Waals surface area contributed by atoms with E-state index in [1.54, 1.807) is 0 Å². The molecule has 0 spiro atoms. The van der Waals surface area contributed by atoms with Crippen LogP contribution in [0, 0.1) is 6.92 Å². The monoisotopic (exact) mass is 394 g/mol. The Morgan fingerprint density at radius 3 is 1.04 bits per heavy atom. The molecule has 3 aromatic rings. The zero-order valence-electron chi connectivity index (χ0n) is 18.9. The molecule has 0 saturated carbocycles. The molecule has 1 unspecified atom stereocenters. The molecule has 0 aliphatic heterocycles. The molecule has 1 heteroatoms. The minimum absolute atomic E-state index is 0.996. The minimum atomic E-state index is 0.996.